The second-order valence-corrected chi connectivity index (χ2v) is 13.7. The molecular formula is C40H35N2O10P2+. The molecule has 54 heavy (non-hydrogen) atoms. The van der Waals surface area contributed by atoms with E-state index in [1.807, 2.05) is 30.3 Å². The SMILES string of the molecule is O=[N+]([O-])/C=C/c1ccccc1.O=[N+]([O-])CC(c1ccccc1)P(=O)(Oc1ccccc1)Oc1ccccc1.O=[P+](Oc1ccccc1)Oc1ccccc1. The molecule has 12 nitrogen and oxygen atoms in total. The molecule has 0 aliphatic heterocycles. The molecule has 0 aliphatic rings. The van der Waals surface area contributed by atoms with E-state index in [4.69, 9.17) is 18.1 Å². The summed E-state index contributed by atoms with van der Waals surface area (Å²) < 4.78 is 47.0. The molecule has 14 heteroatoms. The highest BCUT2D eigenvalue weighted by Crippen LogP contribution is 2.60. The van der Waals surface area contributed by atoms with Gasteiger partial charge in [-0.25, -0.2) is 13.6 Å². The molecule has 0 bridgehead atoms. The van der Waals surface area contributed by atoms with Crippen LogP contribution in [0.2, 0.25) is 0 Å². The fourth-order valence-electron chi connectivity index (χ4n) is 4.47. The molecular weight excluding hydrogens is 730 g/mol. The van der Waals surface area contributed by atoms with Crippen LogP contribution >= 0.6 is 15.9 Å². The van der Waals surface area contributed by atoms with E-state index in [0.29, 0.717) is 28.6 Å². The Morgan fingerprint density at radius 1 is 0.556 bits per heavy atom. The second-order valence-electron chi connectivity index (χ2n) is 10.8. The molecule has 1 atom stereocenters. The zero-order valence-electron chi connectivity index (χ0n) is 28.6. The Kier molecular flexibility index (Phi) is 16.1. The summed E-state index contributed by atoms with van der Waals surface area (Å²) in [4.78, 5) is 20.2. The maximum absolute atomic E-state index is 13.8. The van der Waals surface area contributed by atoms with Gasteiger partial charge in [0.05, 0.1) is 4.92 Å². The molecule has 274 valence electrons. The molecule has 0 aliphatic carbocycles. The molecule has 6 aromatic carbocycles. The number of hydrogen-bond acceptors (Lipinski definition) is 10. The number of nitrogens with zero attached hydrogens (tertiary/aromatic N) is 2. The van der Waals surface area contributed by atoms with Crippen LogP contribution in [0.5, 0.6) is 23.0 Å². The number of hydrogen-bond donors (Lipinski definition) is 0. The molecule has 0 aromatic heterocycles. The van der Waals surface area contributed by atoms with E-state index in [9.17, 15) is 29.4 Å². The van der Waals surface area contributed by atoms with Gasteiger partial charge in [0.15, 0.2) is 17.2 Å². The van der Waals surface area contributed by atoms with Gasteiger partial charge in [-0.3, -0.25) is 20.2 Å². The van der Waals surface area contributed by atoms with E-state index in [0.717, 1.165) is 11.8 Å². The van der Waals surface area contributed by atoms with Gasteiger partial charge in [-0.05, 0) is 59.7 Å². The fourth-order valence-corrected chi connectivity index (χ4v) is 7.09. The predicted octanol–water partition coefficient (Wildman–Crippen LogP) is 11.1. The smallest absolute Gasteiger partial charge is 0.415 e. The minimum absolute atomic E-state index is 0.320. The maximum Gasteiger partial charge on any atom is 0.805 e. The van der Waals surface area contributed by atoms with E-state index in [2.05, 4.69) is 0 Å². The molecule has 0 radical (unpaired) electrons. The zero-order chi connectivity index (χ0) is 38.4. The monoisotopic (exact) mass is 765 g/mol. The first-order valence-electron chi connectivity index (χ1n) is 16.3. The number of para-hydroxylation sites is 4. The van der Waals surface area contributed by atoms with Crippen molar-refractivity contribution in [3.63, 3.8) is 0 Å². The molecule has 0 saturated carbocycles. The van der Waals surface area contributed by atoms with Crippen molar-refractivity contribution in [3.8, 4) is 23.0 Å². The van der Waals surface area contributed by atoms with Gasteiger partial charge in [0, 0.05) is 15.6 Å². The highest BCUT2D eigenvalue weighted by Gasteiger charge is 2.44. The van der Waals surface area contributed by atoms with Gasteiger partial charge in [-0.1, -0.05) is 133 Å². The van der Waals surface area contributed by atoms with Gasteiger partial charge in [-0.15, -0.1) is 0 Å². The Morgan fingerprint density at radius 2 is 0.907 bits per heavy atom. The first kappa shape index (κ1) is 40.2. The molecule has 0 heterocycles. The Bertz CT molecular complexity index is 2010. The second kappa shape index (κ2) is 21.7. The Balaban J connectivity index is 0.000000203. The van der Waals surface area contributed by atoms with Gasteiger partial charge in [-0.2, -0.15) is 0 Å². The van der Waals surface area contributed by atoms with E-state index >= 15 is 0 Å². The van der Waals surface area contributed by atoms with Gasteiger partial charge >= 0.3 is 15.9 Å². The lowest BCUT2D eigenvalue weighted by atomic mass is 10.1. The highest BCUT2D eigenvalue weighted by molar-refractivity contribution is 7.55. The molecule has 0 fully saturated rings. The Labute approximate surface area is 313 Å². The van der Waals surface area contributed by atoms with Crippen molar-refractivity contribution in [1.29, 1.82) is 0 Å². The summed E-state index contributed by atoms with van der Waals surface area (Å²) in [5, 5.41) is 21.2. The van der Waals surface area contributed by atoms with Crippen LogP contribution < -0.4 is 18.1 Å². The highest BCUT2D eigenvalue weighted by atomic mass is 31.2. The van der Waals surface area contributed by atoms with Crippen molar-refractivity contribution in [2.45, 2.75) is 5.66 Å². The van der Waals surface area contributed by atoms with E-state index in [1.54, 1.807) is 152 Å². The van der Waals surface area contributed by atoms with Crippen molar-refractivity contribution < 1.29 is 37.1 Å². The molecule has 0 saturated heterocycles. The van der Waals surface area contributed by atoms with E-state index in [-0.39, 0.29) is 0 Å². The summed E-state index contributed by atoms with van der Waals surface area (Å²) in [5.74, 6) is 1.70. The zero-order valence-corrected chi connectivity index (χ0v) is 30.4. The van der Waals surface area contributed by atoms with Crippen molar-refractivity contribution >= 4 is 21.9 Å². The lowest BCUT2D eigenvalue weighted by Gasteiger charge is -2.25. The fraction of sp³-hybridized carbons (Fsp3) is 0.0500. The first-order valence-corrected chi connectivity index (χ1v) is 19.0. The molecule has 0 amide bonds. The van der Waals surface area contributed by atoms with Gasteiger partial charge in [0.2, 0.25) is 12.7 Å². The van der Waals surface area contributed by atoms with Crippen molar-refractivity contribution in [2.75, 3.05) is 6.54 Å². The summed E-state index contributed by atoms with van der Waals surface area (Å²) in [7, 11) is -6.17. The van der Waals surface area contributed by atoms with E-state index in [1.165, 1.54) is 6.08 Å². The van der Waals surface area contributed by atoms with E-state index < -0.39 is 37.9 Å². The van der Waals surface area contributed by atoms with Crippen LogP contribution in [0.15, 0.2) is 188 Å². The molecule has 1 unspecified atom stereocenters. The Hall–Kier alpha value is -6.61. The summed E-state index contributed by atoms with van der Waals surface area (Å²) >= 11 is 0. The number of nitro groups is 2. The first-order chi connectivity index (χ1) is 26.2. The topological polar surface area (TPSA) is 157 Å². The summed E-state index contributed by atoms with van der Waals surface area (Å²) in [6.45, 7) is -0.582. The van der Waals surface area contributed by atoms with Crippen molar-refractivity contribution in [3.05, 3.63) is 220 Å². The van der Waals surface area contributed by atoms with Crippen molar-refractivity contribution in [2.24, 2.45) is 0 Å². The van der Waals surface area contributed by atoms with Crippen LogP contribution in [0, 0.1) is 20.2 Å². The summed E-state index contributed by atoms with van der Waals surface area (Å²) in [6, 6.07) is 52.6. The van der Waals surface area contributed by atoms with Gasteiger partial charge in [0.25, 0.3) is 0 Å². The quantitative estimate of drug-likeness (QED) is 0.0593. The predicted molar refractivity (Wildman–Crippen MR) is 207 cm³/mol. The van der Waals surface area contributed by atoms with Crippen molar-refractivity contribution in [1.82, 2.24) is 0 Å². The molecule has 6 aromatic rings. The third-order valence-electron chi connectivity index (χ3n) is 6.87. The molecule has 0 spiro atoms. The minimum atomic E-state index is -3.99. The summed E-state index contributed by atoms with van der Waals surface area (Å²) in [6.07, 6.45) is 2.38. The lowest BCUT2D eigenvalue weighted by molar-refractivity contribution is -0.480. The van der Waals surface area contributed by atoms with Crippen LogP contribution in [0.25, 0.3) is 6.08 Å². The normalized spacial score (nSPS) is 11.0. The largest absolute Gasteiger partial charge is 0.805 e. The van der Waals surface area contributed by atoms with Gasteiger partial charge in [0.1, 0.15) is 11.5 Å². The average Bonchev–Trinajstić information content (AvgIpc) is 3.19. The van der Waals surface area contributed by atoms with Gasteiger partial charge < -0.3 is 9.05 Å². The standard InChI is InChI=1S/C20H18NO5P.C12H10O3P.C8H7NO2/c22-21(23)16-20(17-10-4-1-5-11-17)27(24,25-18-12-6-2-7-13-18)26-19-14-8-3-9-15-19;13-16(14-11-7-3-1-4-8-11)15-12-9-5-2-6-10-12;10-9(11)7-6-8-4-2-1-3-5-8/h1-15,20H,16H2;1-10H;1-7H/q;+1;/b;;7-6+. The number of benzene rings is 6. The average molecular weight is 766 g/mol. The van der Waals surface area contributed by atoms with Crippen LogP contribution in [-0.4, -0.2) is 16.4 Å². The maximum atomic E-state index is 13.8. The van der Waals surface area contributed by atoms with Crippen LogP contribution in [0.3, 0.4) is 0 Å². The molecule has 0 N–H and O–H groups in total. The number of rotatable bonds is 14. The minimum Gasteiger partial charge on any atom is -0.415 e. The lowest BCUT2D eigenvalue weighted by Crippen LogP contribution is -2.18. The van der Waals surface area contributed by atoms with Crippen LogP contribution in [0.4, 0.5) is 0 Å². The molecule has 6 rings (SSSR count). The Morgan fingerprint density at radius 3 is 1.28 bits per heavy atom. The third kappa shape index (κ3) is 14.6. The van der Waals surface area contributed by atoms with Crippen LogP contribution in [-0.2, 0) is 9.13 Å². The third-order valence-corrected chi connectivity index (χ3v) is 9.75. The van der Waals surface area contributed by atoms with Crippen LogP contribution in [0.1, 0.15) is 16.8 Å². The summed E-state index contributed by atoms with van der Waals surface area (Å²) in [5.41, 5.74) is 0.294.